The molecule has 2 aromatic carbocycles. The molecule has 0 spiro atoms. The van der Waals surface area contributed by atoms with Gasteiger partial charge in [-0.3, -0.25) is 4.98 Å². The molecule has 4 rings (SSSR count). The molecule has 1 aromatic heterocycles. The summed E-state index contributed by atoms with van der Waals surface area (Å²) in [7, 11) is 0. The molecule has 3 heteroatoms. The molecule has 1 aliphatic carbocycles. The van der Waals surface area contributed by atoms with E-state index in [1.807, 2.05) is 36.4 Å². The summed E-state index contributed by atoms with van der Waals surface area (Å²) in [5, 5.41) is 10.1. The third-order valence-corrected chi connectivity index (χ3v) is 4.41. The normalized spacial score (nSPS) is 11.6. The van der Waals surface area contributed by atoms with Crippen LogP contribution in [-0.4, -0.2) is 4.98 Å². The van der Waals surface area contributed by atoms with Crippen LogP contribution in [0.1, 0.15) is 16.7 Å². The Kier molecular flexibility index (Phi) is 2.96. The molecule has 0 atom stereocenters. The average Bonchev–Trinajstić information content (AvgIpc) is 2.94. The molecule has 2 nitrogen and oxygen atoms in total. The number of aromatic nitrogens is 1. The highest BCUT2D eigenvalue weighted by atomic mass is 35.5. The summed E-state index contributed by atoms with van der Waals surface area (Å²) in [6.45, 7) is 0. The second-order valence-corrected chi connectivity index (χ2v) is 5.71. The van der Waals surface area contributed by atoms with E-state index >= 15 is 0 Å². The molecule has 0 aliphatic heterocycles. The largest absolute Gasteiger partial charge is 0.254 e. The first-order valence-electron chi connectivity index (χ1n) is 7.04. The van der Waals surface area contributed by atoms with Crippen molar-refractivity contribution >= 4 is 11.6 Å². The van der Waals surface area contributed by atoms with Crippen LogP contribution in [0.5, 0.6) is 0 Å². The average molecular weight is 303 g/mol. The lowest BCUT2D eigenvalue weighted by Crippen LogP contribution is -1.95. The Hall–Kier alpha value is -2.63. The summed E-state index contributed by atoms with van der Waals surface area (Å²) in [4.78, 5) is 4.53. The quantitative estimate of drug-likeness (QED) is 0.504. The van der Waals surface area contributed by atoms with Crippen molar-refractivity contribution in [2.45, 2.75) is 6.42 Å². The summed E-state index contributed by atoms with van der Waals surface area (Å²) in [6, 6.07) is 18.2. The van der Waals surface area contributed by atoms with Gasteiger partial charge in [-0.1, -0.05) is 54.1 Å². The van der Waals surface area contributed by atoms with Crippen molar-refractivity contribution in [3.8, 4) is 28.5 Å². The van der Waals surface area contributed by atoms with Gasteiger partial charge in [0.15, 0.2) is 0 Å². The van der Waals surface area contributed by atoms with Gasteiger partial charge in [-0.2, -0.15) is 5.26 Å². The Balaban J connectivity index is 2.04. The van der Waals surface area contributed by atoms with Crippen LogP contribution >= 0.6 is 11.6 Å². The lowest BCUT2D eigenvalue weighted by molar-refractivity contribution is 1.20. The van der Waals surface area contributed by atoms with Gasteiger partial charge in [0, 0.05) is 28.8 Å². The predicted octanol–water partition coefficient (Wildman–Crippen LogP) is 4.84. The molecule has 0 unspecified atom stereocenters. The molecule has 0 saturated heterocycles. The second kappa shape index (κ2) is 4.98. The van der Waals surface area contributed by atoms with Crippen LogP contribution in [-0.2, 0) is 6.42 Å². The molecule has 104 valence electrons. The Morgan fingerprint density at radius 1 is 1.00 bits per heavy atom. The molecule has 0 bridgehead atoms. The molecule has 0 N–H and O–H groups in total. The maximum absolute atomic E-state index is 9.43. The van der Waals surface area contributed by atoms with Crippen molar-refractivity contribution in [2.24, 2.45) is 0 Å². The Morgan fingerprint density at radius 2 is 1.73 bits per heavy atom. The van der Waals surface area contributed by atoms with E-state index in [4.69, 9.17) is 11.6 Å². The summed E-state index contributed by atoms with van der Waals surface area (Å²) < 4.78 is 0. The Morgan fingerprint density at radius 3 is 2.50 bits per heavy atom. The molecular formula is C19H11ClN2. The van der Waals surface area contributed by atoms with Crippen molar-refractivity contribution in [3.05, 3.63) is 76.4 Å². The monoisotopic (exact) mass is 302 g/mol. The van der Waals surface area contributed by atoms with Gasteiger partial charge in [0.25, 0.3) is 0 Å². The van der Waals surface area contributed by atoms with E-state index in [2.05, 4.69) is 23.2 Å². The van der Waals surface area contributed by atoms with Gasteiger partial charge in [-0.15, -0.1) is 0 Å². The maximum Gasteiger partial charge on any atom is 0.101 e. The zero-order chi connectivity index (χ0) is 15.1. The van der Waals surface area contributed by atoms with Gasteiger partial charge in [-0.25, -0.2) is 0 Å². The third kappa shape index (κ3) is 1.83. The minimum Gasteiger partial charge on any atom is -0.254 e. The minimum absolute atomic E-state index is 0.621. The maximum atomic E-state index is 9.43. The molecule has 0 fully saturated rings. The highest BCUT2D eigenvalue weighted by molar-refractivity contribution is 6.33. The fourth-order valence-electron chi connectivity index (χ4n) is 3.11. The zero-order valence-electron chi connectivity index (χ0n) is 11.7. The molecule has 0 radical (unpaired) electrons. The molecular weight excluding hydrogens is 292 g/mol. The zero-order valence-corrected chi connectivity index (χ0v) is 12.4. The highest BCUT2D eigenvalue weighted by Gasteiger charge is 2.26. The summed E-state index contributed by atoms with van der Waals surface area (Å²) in [5.41, 5.74) is 6.86. The van der Waals surface area contributed by atoms with Crippen LogP contribution in [0.3, 0.4) is 0 Å². The van der Waals surface area contributed by atoms with Crippen LogP contribution in [0.15, 0.2) is 54.7 Å². The number of nitrogens with zero attached hydrogens (tertiary/aromatic N) is 2. The first kappa shape index (κ1) is 13.1. The summed E-state index contributed by atoms with van der Waals surface area (Å²) in [6.07, 6.45) is 2.44. The van der Waals surface area contributed by atoms with E-state index in [0.717, 1.165) is 34.4 Å². The van der Waals surface area contributed by atoms with Crippen molar-refractivity contribution in [3.63, 3.8) is 0 Å². The van der Waals surface area contributed by atoms with Crippen LogP contribution < -0.4 is 0 Å². The smallest absolute Gasteiger partial charge is 0.101 e. The molecule has 1 heterocycles. The lowest BCUT2D eigenvalue weighted by atomic mass is 9.98. The van der Waals surface area contributed by atoms with Crippen molar-refractivity contribution in [1.29, 1.82) is 5.26 Å². The second-order valence-electron chi connectivity index (χ2n) is 5.30. The lowest BCUT2D eigenvalue weighted by Gasteiger charge is -2.10. The van der Waals surface area contributed by atoms with Gasteiger partial charge in [0.1, 0.15) is 6.07 Å². The fourth-order valence-corrected chi connectivity index (χ4v) is 3.34. The highest BCUT2D eigenvalue weighted by Crippen LogP contribution is 2.43. The number of rotatable bonds is 1. The van der Waals surface area contributed by atoms with Crippen LogP contribution in [0.4, 0.5) is 0 Å². The van der Waals surface area contributed by atoms with E-state index in [-0.39, 0.29) is 0 Å². The van der Waals surface area contributed by atoms with E-state index in [0.29, 0.717) is 10.6 Å². The number of benzene rings is 2. The van der Waals surface area contributed by atoms with Gasteiger partial charge in [0.05, 0.1) is 11.3 Å². The molecule has 3 aromatic rings. The van der Waals surface area contributed by atoms with Crippen LogP contribution in [0.25, 0.3) is 22.4 Å². The van der Waals surface area contributed by atoms with Gasteiger partial charge in [0.2, 0.25) is 0 Å². The SMILES string of the molecule is N#Cc1cnc(-c2ccccc2Cl)c2c1-c1ccccc1C2. The molecule has 0 saturated carbocycles. The van der Waals surface area contributed by atoms with Crippen LogP contribution in [0, 0.1) is 11.3 Å². The van der Waals surface area contributed by atoms with Crippen molar-refractivity contribution in [1.82, 2.24) is 4.98 Å². The topological polar surface area (TPSA) is 36.7 Å². The van der Waals surface area contributed by atoms with Gasteiger partial charge < -0.3 is 0 Å². The van der Waals surface area contributed by atoms with E-state index in [1.165, 1.54) is 5.56 Å². The van der Waals surface area contributed by atoms with Crippen molar-refractivity contribution < 1.29 is 0 Å². The minimum atomic E-state index is 0.621. The van der Waals surface area contributed by atoms with Gasteiger partial charge in [-0.05, 0) is 22.8 Å². The first-order chi connectivity index (χ1) is 10.8. The standard InChI is InChI=1S/C19H11ClN2/c20-17-8-4-3-7-15(17)19-16-9-12-5-1-2-6-14(12)18(16)13(10-21)11-22-19/h1-8,11H,9H2. The number of fused-ring (bicyclic) bond motifs is 3. The first-order valence-corrected chi connectivity index (χ1v) is 7.42. The third-order valence-electron chi connectivity index (χ3n) is 4.08. The summed E-state index contributed by atoms with van der Waals surface area (Å²) >= 11 is 6.34. The molecule has 1 aliphatic rings. The Bertz CT molecular complexity index is 938. The van der Waals surface area contributed by atoms with Gasteiger partial charge >= 0.3 is 0 Å². The predicted molar refractivity (Wildman–Crippen MR) is 87.6 cm³/mol. The number of pyridine rings is 1. The van der Waals surface area contributed by atoms with E-state index in [9.17, 15) is 5.26 Å². The fraction of sp³-hybridized carbons (Fsp3) is 0.0526. The van der Waals surface area contributed by atoms with Crippen LogP contribution in [0.2, 0.25) is 5.02 Å². The molecule has 0 amide bonds. The van der Waals surface area contributed by atoms with E-state index < -0.39 is 0 Å². The summed E-state index contributed by atoms with van der Waals surface area (Å²) in [5.74, 6) is 0. The number of hydrogen-bond donors (Lipinski definition) is 0. The van der Waals surface area contributed by atoms with E-state index in [1.54, 1.807) is 6.20 Å². The van der Waals surface area contributed by atoms with Crippen molar-refractivity contribution in [2.75, 3.05) is 0 Å². The Labute approximate surface area is 133 Å². The number of nitriles is 1. The number of halogens is 1. The molecule has 22 heavy (non-hydrogen) atoms. The number of hydrogen-bond acceptors (Lipinski definition) is 2.